The third kappa shape index (κ3) is 4.62. The molecule has 7 heteroatoms. The molecule has 1 atom stereocenters. The lowest BCUT2D eigenvalue weighted by atomic mass is 9.98. The average Bonchev–Trinajstić information content (AvgIpc) is 2.92. The maximum absolute atomic E-state index is 11.7. The number of amides is 1. The number of carbonyl (C=O) groups excluding carboxylic acids is 1. The van der Waals surface area contributed by atoms with Crippen molar-refractivity contribution < 1.29 is 9.53 Å². The molecule has 1 amide bonds. The molecule has 0 aromatic carbocycles. The van der Waals surface area contributed by atoms with Crippen LogP contribution in [0.3, 0.4) is 0 Å². The van der Waals surface area contributed by atoms with Crippen molar-refractivity contribution in [1.29, 1.82) is 0 Å². The lowest BCUT2D eigenvalue weighted by Gasteiger charge is -2.34. The Morgan fingerprint density at radius 1 is 1.59 bits per heavy atom. The molecule has 22 heavy (non-hydrogen) atoms. The predicted octanol–water partition coefficient (Wildman–Crippen LogP) is 1.61. The van der Waals surface area contributed by atoms with Gasteiger partial charge in [0, 0.05) is 31.7 Å². The van der Waals surface area contributed by atoms with Gasteiger partial charge in [-0.3, -0.25) is 5.10 Å². The second-order valence-electron chi connectivity index (χ2n) is 6.79. The van der Waals surface area contributed by atoms with E-state index in [4.69, 9.17) is 10.5 Å². The van der Waals surface area contributed by atoms with Gasteiger partial charge in [0.05, 0.1) is 6.20 Å². The van der Waals surface area contributed by atoms with Crippen LogP contribution in [0.5, 0.6) is 0 Å². The van der Waals surface area contributed by atoms with E-state index in [9.17, 15) is 4.79 Å². The van der Waals surface area contributed by atoms with Crippen LogP contribution >= 0.6 is 0 Å². The lowest BCUT2D eigenvalue weighted by Crippen LogP contribution is -2.42. The molecular formula is C15H27N5O2. The fourth-order valence-corrected chi connectivity index (χ4v) is 2.70. The predicted molar refractivity (Wildman–Crippen MR) is 85.7 cm³/mol. The Balaban J connectivity index is 1.85. The molecule has 2 heterocycles. The smallest absolute Gasteiger partial charge is 0.407 e. The third-order valence-electron chi connectivity index (χ3n) is 3.68. The van der Waals surface area contributed by atoms with Crippen molar-refractivity contribution in [2.75, 3.05) is 24.5 Å². The number of piperidine rings is 1. The van der Waals surface area contributed by atoms with Crippen LogP contribution in [0.1, 0.15) is 39.2 Å². The molecule has 0 radical (unpaired) electrons. The van der Waals surface area contributed by atoms with E-state index in [1.807, 2.05) is 20.8 Å². The minimum absolute atomic E-state index is 0.353. The van der Waals surface area contributed by atoms with Crippen LogP contribution in [0.4, 0.5) is 10.6 Å². The van der Waals surface area contributed by atoms with E-state index in [2.05, 4.69) is 20.4 Å². The van der Waals surface area contributed by atoms with Gasteiger partial charge in [-0.2, -0.15) is 5.10 Å². The number of anilines is 1. The number of H-pyrrole nitrogens is 1. The number of hydrogen-bond acceptors (Lipinski definition) is 5. The van der Waals surface area contributed by atoms with Gasteiger partial charge in [0.25, 0.3) is 0 Å². The second-order valence-corrected chi connectivity index (χ2v) is 6.79. The molecule has 7 nitrogen and oxygen atoms in total. The third-order valence-corrected chi connectivity index (χ3v) is 3.68. The average molecular weight is 309 g/mol. The largest absolute Gasteiger partial charge is 0.444 e. The van der Waals surface area contributed by atoms with Crippen molar-refractivity contribution in [2.45, 2.75) is 45.8 Å². The van der Waals surface area contributed by atoms with E-state index in [1.54, 1.807) is 6.20 Å². The van der Waals surface area contributed by atoms with Crippen LogP contribution in [0.15, 0.2) is 6.20 Å². The highest BCUT2D eigenvalue weighted by molar-refractivity contribution is 5.67. The Kier molecular flexibility index (Phi) is 5.28. The summed E-state index contributed by atoms with van der Waals surface area (Å²) < 4.78 is 5.27. The Morgan fingerprint density at radius 3 is 3.05 bits per heavy atom. The molecule has 1 unspecified atom stereocenters. The molecule has 2 rings (SSSR count). The summed E-state index contributed by atoms with van der Waals surface area (Å²) >= 11 is 0. The number of alkyl carbamates (subject to hydrolysis) is 1. The van der Waals surface area contributed by atoms with Gasteiger partial charge >= 0.3 is 6.09 Å². The fourth-order valence-electron chi connectivity index (χ4n) is 2.70. The first-order chi connectivity index (χ1) is 10.4. The highest BCUT2D eigenvalue weighted by Gasteiger charge is 2.24. The molecule has 1 aliphatic heterocycles. The number of hydrogen-bond donors (Lipinski definition) is 3. The van der Waals surface area contributed by atoms with Crippen LogP contribution in [-0.2, 0) is 11.3 Å². The molecule has 0 bridgehead atoms. The van der Waals surface area contributed by atoms with Crippen LogP contribution in [0.2, 0.25) is 0 Å². The molecule has 0 spiro atoms. The number of ether oxygens (including phenoxy) is 1. The number of nitrogens with two attached hydrogens (primary N) is 1. The monoisotopic (exact) mass is 309 g/mol. The normalized spacial score (nSPS) is 19.1. The maximum atomic E-state index is 11.7. The van der Waals surface area contributed by atoms with E-state index in [1.165, 1.54) is 0 Å². The molecule has 124 valence electrons. The molecule has 1 aliphatic rings. The Morgan fingerprint density at radius 2 is 2.36 bits per heavy atom. The van der Waals surface area contributed by atoms with Crippen LogP contribution in [0, 0.1) is 5.92 Å². The topological polar surface area (TPSA) is 96.3 Å². The lowest BCUT2D eigenvalue weighted by molar-refractivity contribution is 0.0517. The molecule has 1 fully saturated rings. The number of aromatic amines is 1. The second kappa shape index (κ2) is 7.00. The summed E-state index contributed by atoms with van der Waals surface area (Å²) in [5.41, 5.74) is 6.30. The minimum Gasteiger partial charge on any atom is -0.444 e. The molecule has 1 aromatic heterocycles. The molecular weight excluding hydrogens is 282 g/mol. The Labute approximate surface area is 131 Å². The zero-order valence-electron chi connectivity index (χ0n) is 13.7. The summed E-state index contributed by atoms with van der Waals surface area (Å²) in [6, 6.07) is 0. The zero-order valence-corrected chi connectivity index (χ0v) is 13.7. The van der Waals surface area contributed by atoms with Crippen molar-refractivity contribution in [1.82, 2.24) is 15.5 Å². The van der Waals surface area contributed by atoms with Crippen molar-refractivity contribution in [2.24, 2.45) is 11.7 Å². The van der Waals surface area contributed by atoms with Gasteiger partial charge in [-0.15, -0.1) is 0 Å². The number of rotatable bonds is 4. The van der Waals surface area contributed by atoms with Crippen molar-refractivity contribution in [3.63, 3.8) is 0 Å². The zero-order chi connectivity index (χ0) is 16.2. The number of nitrogens with zero attached hydrogens (tertiary/aromatic N) is 2. The number of aromatic nitrogens is 2. The van der Waals surface area contributed by atoms with Crippen LogP contribution in [0.25, 0.3) is 0 Å². The van der Waals surface area contributed by atoms with E-state index < -0.39 is 5.60 Å². The van der Waals surface area contributed by atoms with Crippen molar-refractivity contribution >= 4 is 11.9 Å². The first-order valence-corrected chi connectivity index (χ1v) is 7.83. The van der Waals surface area contributed by atoms with Gasteiger partial charge in [-0.1, -0.05) is 0 Å². The van der Waals surface area contributed by atoms with Gasteiger partial charge in [-0.05, 0) is 39.5 Å². The molecule has 1 aromatic rings. The van der Waals surface area contributed by atoms with Gasteiger partial charge in [-0.25, -0.2) is 4.79 Å². The highest BCUT2D eigenvalue weighted by atomic mass is 16.6. The molecule has 0 saturated carbocycles. The van der Waals surface area contributed by atoms with Crippen molar-refractivity contribution in [3.05, 3.63) is 11.8 Å². The van der Waals surface area contributed by atoms with Gasteiger partial charge < -0.3 is 20.7 Å². The summed E-state index contributed by atoms with van der Waals surface area (Å²) in [6.07, 6.45) is 3.61. The minimum atomic E-state index is -0.464. The first kappa shape index (κ1) is 16.6. The first-order valence-electron chi connectivity index (χ1n) is 7.83. The van der Waals surface area contributed by atoms with Gasteiger partial charge in [0.1, 0.15) is 11.4 Å². The Bertz CT molecular complexity index is 494. The molecule has 0 aliphatic carbocycles. The molecule has 4 N–H and O–H groups in total. The summed E-state index contributed by atoms with van der Waals surface area (Å²) in [4.78, 5) is 14.0. The maximum Gasteiger partial charge on any atom is 0.407 e. The van der Waals surface area contributed by atoms with Crippen molar-refractivity contribution in [3.8, 4) is 0 Å². The number of carbonyl (C=O) groups is 1. The van der Waals surface area contributed by atoms with Gasteiger partial charge in [0.15, 0.2) is 0 Å². The van der Waals surface area contributed by atoms with E-state index in [0.29, 0.717) is 19.0 Å². The quantitative estimate of drug-likeness (QED) is 0.785. The van der Waals surface area contributed by atoms with Crippen LogP contribution in [-0.4, -0.2) is 41.5 Å². The highest BCUT2D eigenvalue weighted by Crippen LogP contribution is 2.24. The molecule has 1 saturated heterocycles. The Hall–Kier alpha value is -1.76. The van der Waals surface area contributed by atoms with E-state index >= 15 is 0 Å². The fraction of sp³-hybridized carbons (Fsp3) is 0.733. The summed E-state index contributed by atoms with van der Waals surface area (Å²) in [5.74, 6) is 1.40. The number of nitrogens with one attached hydrogen (secondary N) is 2. The van der Waals surface area contributed by atoms with E-state index in [-0.39, 0.29) is 6.09 Å². The summed E-state index contributed by atoms with van der Waals surface area (Å²) in [5, 5.41) is 9.96. The SMILES string of the molecule is CC(C)(C)OC(=O)NCC1CCCN(c2[nH]ncc2CN)C1. The van der Waals surface area contributed by atoms with Crippen LogP contribution < -0.4 is 16.0 Å². The summed E-state index contributed by atoms with van der Waals surface area (Å²) in [6.45, 7) is 8.55. The van der Waals surface area contributed by atoms with Gasteiger partial charge in [0.2, 0.25) is 0 Å². The van der Waals surface area contributed by atoms with E-state index in [0.717, 1.165) is 37.3 Å². The summed E-state index contributed by atoms with van der Waals surface area (Å²) in [7, 11) is 0. The standard InChI is InChI=1S/C15H27N5O2/c1-15(2,3)22-14(21)17-8-11-5-4-6-20(10-11)13-12(7-16)9-18-19-13/h9,11H,4-8,10,16H2,1-3H3,(H,17,21)(H,18,19).